The van der Waals surface area contributed by atoms with Gasteiger partial charge >= 0.3 is 11.9 Å². The van der Waals surface area contributed by atoms with E-state index in [0.717, 1.165) is 16.7 Å². The van der Waals surface area contributed by atoms with Crippen molar-refractivity contribution in [3.63, 3.8) is 0 Å². The normalized spacial score (nSPS) is 11.0. The minimum Gasteiger partial charge on any atom is -0.464 e. The van der Waals surface area contributed by atoms with Crippen molar-refractivity contribution >= 4 is 35.2 Å². The third-order valence-electron chi connectivity index (χ3n) is 6.12. The van der Waals surface area contributed by atoms with Gasteiger partial charge in [-0.25, -0.2) is 9.59 Å². The van der Waals surface area contributed by atoms with Crippen LogP contribution in [0.25, 0.3) is 0 Å². The zero-order valence-electron chi connectivity index (χ0n) is 22.6. The molecule has 1 N–H and O–H groups in total. The van der Waals surface area contributed by atoms with Crippen molar-refractivity contribution in [2.75, 3.05) is 19.1 Å². The van der Waals surface area contributed by atoms with Gasteiger partial charge in [-0.2, -0.15) is 0 Å². The summed E-state index contributed by atoms with van der Waals surface area (Å²) in [7, 11) is 0. The summed E-state index contributed by atoms with van der Waals surface area (Å²) in [4.78, 5) is 49.8. The lowest BCUT2D eigenvalue weighted by molar-refractivity contribution is -0.168. The van der Waals surface area contributed by atoms with Crippen LogP contribution in [0.15, 0.2) is 36.4 Å². The lowest BCUT2D eigenvalue weighted by Crippen LogP contribution is -2.61. The number of benzene rings is 2. The predicted octanol–water partition coefficient (Wildman–Crippen LogP) is 4.96. The molecular formula is C29H36ClNO7. The van der Waals surface area contributed by atoms with Gasteiger partial charge in [0.15, 0.2) is 5.78 Å². The first-order valence-electron chi connectivity index (χ1n) is 12.8. The van der Waals surface area contributed by atoms with Crippen molar-refractivity contribution in [2.45, 2.75) is 65.8 Å². The van der Waals surface area contributed by atoms with Gasteiger partial charge in [0.05, 0.1) is 19.1 Å². The zero-order chi connectivity index (χ0) is 28.3. The molecule has 9 heteroatoms. The number of ketones is 1. The fraction of sp³-hybridized carbons (Fsp3) is 0.448. The summed E-state index contributed by atoms with van der Waals surface area (Å²) < 4.78 is 16.5. The molecule has 0 aliphatic heterocycles. The summed E-state index contributed by atoms with van der Waals surface area (Å²) >= 11 is 5.64. The molecule has 0 unspecified atom stereocenters. The van der Waals surface area contributed by atoms with Crippen molar-refractivity contribution in [3.05, 3.63) is 58.7 Å². The molecule has 0 aliphatic rings. The predicted molar refractivity (Wildman–Crippen MR) is 145 cm³/mol. The largest absolute Gasteiger partial charge is 0.464 e. The number of alkyl halides is 1. The van der Waals surface area contributed by atoms with E-state index in [1.807, 2.05) is 26.0 Å². The Morgan fingerprint density at radius 1 is 0.842 bits per heavy atom. The van der Waals surface area contributed by atoms with E-state index in [1.165, 1.54) is 6.92 Å². The number of halogens is 1. The highest BCUT2D eigenvalue weighted by atomic mass is 35.5. The summed E-state index contributed by atoms with van der Waals surface area (Å²) in [6.45, 7) is 8.64. The van der Waals surface area contributed by atoms with E-state index in [9.17, 15) is 19.2 Å². The Bertz CT molecular complexity index is 1130. The molecule has 0 fully saturated rings. The molecule has 2 rings (SSSR count). The van der Waals surface area contributed by atoms with Gasteiger partial charge in [0, 0.05) is 12.5 Å². The van der Waals surface area contributed by atoms with Gasteiger partial charge < -0.3 is 19.5 Å². The number of carbonyl (C=O) groups is 4. The monoisotopic (exact) mass is 545 g/mol. The van der Waals surface area contributed by atoms with E-state index in [-0.39, 0.29) is 31.3 Å². The Morgan fingerprint density at radius 2 is 1.42 bits per heavy atom. The molecule has 8 nitrogen and oxygen atoms in total. The Balaban J connectivity index is 2.42. The van der Waals surface area contributed by atoms with Crippen LogP contribution in [-0.4, -0.2) is 48.3 Å². The minimum absolute atomic E-state index is 0.0311. The summed E-state index contributed by atoms with van der Waals surface area (Å²) in [6, 6.07) is 10.5. The molecule has 0 radical (unpaired) electrons. The number of amides is 1. The second-order valence-corrected chi connectivity index (χ2v) is 8.87. The number of carbonyl (C=O) groups excluding carboxylic acids is 4. The van der Waals surface area contributed by atoms with E-state index in [1.54, 1.807) is 38.1 Å². The molecule has 0 heterocycles. The first-order chi connectivity index (χ1) is 18.2. The van der Waals surface area contributed by atoms with Crippen molar-refractivity contribution < 1.29 is 33.4 Å². The van der Waals surface area contributed by atoms with E-state index < -0.39 is 23.4 Å². The average Bonchev–Trinajstić information content (AvgIpc) is 2.91. The maximum Gasteiger partial charge on any atom is 0.343 e. The van der Waals surface area contributed by atoms with Crippen LogP contribution in [0.3, 0.4) is 0 Å². The summed E-state index contributed by atoms with van der Waals surface area (Å²) in [6.07, 6.45) is 1.65. The van der Waals surface area contributed by atoms with Gasteiger partial charge in [0.1, 0.15) is 11.5 Å². The lowest BCUT2D eigenvalue weighted by atomic mass is 9.87. The summed E-state index contributed by atoms with van der Waals surface area (Å²) in [5, 5.41) is 2.51. The first-order valence-corrected chi connectivity index (χ1v) is 13.3. The highest BCUT2D eigenvalue weighted by Crippen LogP contribution is 2.33. The Kier molecular flexibility index (Phi) is 11.8. The maximum atomic E-state index is 13.0. The van der Waals surface area contributed by atoms with Gasteiger partial charge in [-0.05, 0) is 86.6 Å². The van der Waals surface area contributed by atoms with E-state index in [2.05, 4.69) is 5.32 Å². The number of Topliss-reactive ketones (excluding diaryl/α,β-unsaturated/α-hetero) is 1. The van der Waals surface area contributed by atoms with Crippen LogP contribution in [0.1, 0.15) is 68.1 Å². The first kappa shape index (κ1) is 30.8. The van der Waals surface area contributed by atoms with E-state index in [0.29, 0.717) is 36.3 Å². The third-order valence-corrected chi connectivity index (χ3v) is 6.37. The van der Waals surface area contributed by atoms with Gasteiger partial charge in [-0.15, -0.1) is 11.6 Å². The van der Waals surface area contributed by atoms with E-state index >= 15 is 0 Å². The minimum atomic E-state index is -1.95. The van der Waals surface area contributed by atoms with Crippen LogP contribution in [0.5, 0.6) is 11.5 Å². The molecular weight excluding hydrogens is 510 g/mol. The Labute approximate surface area is 229 Å². The van der Waals surface area contributed by atoms with Crippen molar-refractivity contribution in [1.29, 1.82) is 0 Å². The molecule has 0 bridgehead atoms. The van der Waals surface area contributed by atoms with Crippen LogP contribution in [0.2, 0.25) is 0 Å². The molecule has 1 amide bonds. The third kappa shape index (κ3) is 7.34. The quantitative estimate of drug-likeness (QED) is 0.155. The summed E-state index contributed by atoms with van der Waals surface area (Å²) in [5.41, 5.74) is 1.50. The molecule has 38 heavy (non-hydrogen) atoms. The molecule has 0 aliphatic carbocycles. The molecule has 2 aromatic rings. The number of hydrogen-bond acceptors (Lipinski definition) is 7. The van der Waals surface area contributed by atoms with Gasteiger partial charge in [-0.3, -0.25) is 9.59 Å². The molecule has 0 spiro atoms. The second-order valence-electron chi connectivity index (χ2n) is 8.60. The smallest absolute Gasteiger partial charge is 0.343 e. The average molecular weight is 546 g/mol. The fourth-order valence-corrected chi connectivity index (χ4v) is 4.53. The van der Waals surface area contributed by atoms with Crippen LogP contribution >= 0.6 is 11.6 Å². The molecule has 0 saturated heterocycles. The number of hydrogen-bond donors (Lipinski definition) is 1. The molecule has 0 aromatic heterocycles. The second kappa shape index (κ2) is 14.5. The van der Waals surface area contributed by atoms with Crippen LogP contribution < -0.4 is 10.1 Å². The topological polar surface area (TPSA) is 108 Å². The number of nitrogens with one attached hydrogen (secondary N) is 1. The fourth-order valence-electron chi connectivity index (χ4n) is 4.37. The molecule has 206 valence electrons. The highest BCUT2D eigenvalue weighted by molar-refractivity contribution is 6.30. The van der Waals surface area contributed by atoms with Crippen LogP contribution in [0.4, 0.5) is 0 Å². The maximum absolute atomic E-state index is 13.0. The molecule has 2 aromatic carbocycles. The molecule has 0 atom stereocenters. The zero-order valence-corrected chi connectivity index (χ0v) is 23.4. The Morgan fingerprint density at radius 3 is 1.89 bits per heavy atom. The number of ether oxygens (including phenoxy) is 3. The van der Waals surface area contributed by atoms with E-state index in [4.69, 9.17) is 25.8 Å². The number of aryl methyl sites for hydroxylation is 1. The lowest BCUT2D eigenvalue weighted by Gasteiger charge is -2.30. The van der Waals surface area contributed by atoms with Gasteiger partial charge in [-0.1, -0.05) is 19.9 Å². The standard InChI is InChI=1S/C29H36ClNO7/c1-6-23-20(16-17-29(31-19(5)32,27(34)36-8-3)28(35)37-9-4)12-15-26(24(23)7-2)38-22-13-10-21(11-14-22)25(33)18-30/h10-15H,6-9,16-18H2,1-5H3,(H,31,32). The SMILES string of the molecule is CCOC(=O)C(CCc1ccc(Oc2ccc(C(=O)CCl)cc2)c(CC)c1CC)(NC(C)=O)C(=O)OCC. The highest BCUT2D eigenvalue weighted by Gasteiger charge is 2.49. The number of rotatable bonds is 14. The van der Waals surface area contributed by atoms with Crippen molar-refractivity contribution in [2.24, 2.45) is 0 Å². The molecule has 0 saturated carbocycles. The van der Waals surface area contributed by atoms with Crippen LogP contribution in [-0.2, 0) is 43.1 Å². The van der Waals surface area contributed by atoms with Gasteiger partial charge in [0.2, 0.25) is 11.4 Å². The summed E-state index contributed by atoms with van der Waals surface area (Å²) in [5.74, 6) is -1.23. The van der Waals surface area contributed by atoms with Crippen molar-refractivity contribution in [1.82, 2.24) is 5.32 Å². The van der Waals surface area contributed by atoms with Gasteiger partial charge in [0.25, 0.3) is 0 Å². The number of esters is 2. The van der Waals surface area contributed by atoms with Crippen molar-refractivity contribution in [3.8, 4) is 11.5 Å². The van der Waals surface area contributed by atoms with Crippen LogP contribution in [0, 0.1) is 0 Å². The Hall–Kier alpha value is -3.39.